The van der Waals surface area contributed by atoms with Crippen LogP contribution >= 0.6 is 12.4 Å². The van der Waals surface area contributed by atoms with E-state index in [2.05, 4.69) is 26.1 Å². The summed E-state index contributed by atoms with van der Waals surface area (Å²) < 4.78 is 88.4. The van der Waals surface area contributed by atoms with Crippen LogP contribution in [0.3, 0.4) is 0 Å². The van der Waals surface area contributed by atoms with Crippen LogP contribution in [0.25, 0.3) is 0 Å². The van der Waals surface area contributed by atoms with Gasteiger partial charge in [0, 0.05) is 106 Å². The molecule has 0 unspecified atom stereocenters. The number of nitrogens with zero attached hydrogens (tertiary/aromatic N) is 5. The Morgan fingerprint density at radius 2 is 1.06 bits per heavy atom. The third kappa shape index (κ3) is 17.3. The van der Waals surface area contributed by atoms with Crippen molar-refractivity contribution in [3.05, 3.63) is 33.9 Å². The molecule has 400 valence electrons. The fourth-order valence-corrected chi connectivity index (χ4v) is 10.3. The lowest BCUT2D eigenvalue weighted by Crippen LogP contribution is -2.38. The van der Waals surface area contributed by atoms with Crippen molar-refractivity contribution in [1.82, 2.24) is 40.4 Å². The van der Waals surface area contributed by atoms with Gasteiger partial charge < -0.3 is 44.5 Å². The zero-order valence-corrected chi connectivity index (χ0v) is 43.5. The highest BCUT2D eigenvalue weighted by atomic mass is 35.5. The molecule has 0 atom stereocenters. The van der Waals surface area contributed by atoms with E-state index in [1.54, 1.807) is 11.7 Å². The summed E-state index contributed by atoms with van der Waals surface area (Å²) in [6, 6.07) is 0. The lowest BCUT2D eigenvalue weighted by atomic mass is 9.69. The van der Waals surface area contributed by atoms with Crippen LogP contribution in [-0.4, -0.2) is 141 Å². The number of hydrogen-bond acceptors (Lipinski definition) is 11. The van der Waals surface area contributed by atoms with Gasteiger partial charge in [-0.2, -0.15) is 10.2 Å². The summed E-state index contributed by atoms with van der Waals surface area (Å²) in [5, 5.41) is 19.1. The van der Waals surface area contributed by atoms with Crippen LogP contribution < -0.4 is 16.0 Å². The number of rotatable bonds is 24. The number of nitrogens with one attached hydrogen (secondary N) is 3. The van der Waals surface area contributed by atoms with Gasteiger partial charge in [0.2, 0.25) is 0 Å². The van der Waals surface area contributed by atoms with Crippen LogP contribution in [0.15, 0.2) is 0 Å². The molecule has 14 nitrogen and oxygen atoms in total. The third-order valence-corrected chi connectivity index (χ3v) is 13.8. The number of fused-ring (bicyclic) bond motifs is 2. The van der Waals surface area contributed by atoms with E-state index in [1.165, 1.54) is 9.58 Å². The van der Waals surface area contributed by atoms with Gasteiger partial charge in [0.1, 0.15) is 18.7 Å². The number of aromatic nitrogens is 4. The molecule has 2 aliphatic carbocycles. The molecule has 3 N–H and O–H groups in total. The second kappa shape index (κ2) is 27.5. The monoisotopic (exact) mass is 1010 g/mol. The van der Waals surface area contributed by atoms with Crippen molar-refractivity contribution in [2.75, 3.05) is 93.1 Å². The molecule has 4 aliphatic rings. The first-order valence-electron chi connectivity index (χ1n) is 25.1. The third-order valence-electron chi connectivity index (χ3n) is 13.8. The van der Waals surface area contributed by atoms with E-state index in [0.717, 1.165) is 92.7 Å². The summed E-state index contributed by atoms with van der Waals surface area (Å²) in [7, 11) is 3.62. The Balaban J connectivity index is 0.000000362. The van der Waals surface area contributed by atoms with Gasteiger partial charge in [-0.1, -0.05) is 7.43 Å². The average Bonchev–Trinajstić information content (AvgIpc) is 3.97. The van der Waals surface area contributed by atoms with Crippen molar-refractivity contribution in [1.29, 1.82) is 0 Å². The Labute approximate surface area is 417 Å². The van der Waals surface area contributed by atoms with E-state index in [0.29, 0.717) is 84.7 Å². The maximum absolute atomic E-state index is 14.3. The summed E-state index contributed by atoms with van der Waals surface area (Å²) >= 11 is 0. The number of likely N-dealkylation sites (N-methyl/N-ethyl adjacent to an activating group) is 2. The summed E-state index contributed by atoms with van der Waals surface area (Å²) in [6.45, 7) is 22.2. The van der Waals surface area contributed by atoms with Crippen molar-refractivity contribution in [3.63, 3.8) is 0 Å². The Morgan fingerprint density at radius 3 is 1.41 bits per heavy atom. The fourth-order valence-electron chi connectivity index (χ4n) is 10.3. The van der Waals surface area contributed by atoms with E-state index >= 15 is 0 Å². The molecule has 2 fully saturated rings. The minimum absolute atomic E-state index is 0. The number of alkyl halides is 4. The van der Waals surface area contributed by atoms with E-state index in [-0.39, 0.29) is 74.5 Å². The minimum Gasteiger partial charge on any atom is -0.444 e. The Bertz CT molecular complexity index is 1810. The van der Waals surface area contributed by atoms with E-state index in [9.17, 15) is 22.4 Å². The van der Waals surface area contributed by atoms with Gasteiger partial charge >= 0.3 is 6.09 Å². The maximum atomic E-state index is 14.3. The average molecular weight is 1010 g/mol. The molecule has 0 saturated heterocycles. The highest BCUT2D eigenvalue weighted by Gasteiger charge is 2.46. The predicted molar refractivity (Wildman–Crippen MR) is 265 cm³/mol. The highest BCUT2D eigenvalue weighted by Crippen LogP contribution is 2.49. The molecule has 2 aromatic heterocycles. The van der Waals surface area contributed by atoms with Crippen molar-refractivity contribution < 1.29 is 46.0 Å². The van der Waals surface area contributed by atoms with Crippen LogP contribution in [0, 0.1) is 10.8 Å². The van der Waals surface area contributed by atoms with Crippen LogP contribution in [0.1, 0.15) is 153 Å². The molecule has 6 rings (SSSR count). The van der Waals surface area contributed by atoms with Crippen LogP contribution in [0.4, 0.5) is 22.4 Å². The lowest BCUT2D eigenvalue weighted by Gasteiger charge is -2.40. The van der Waals surface area contributed by atoms with Gasteiger partial charge in [0.15, 0.2) is 0 Å². The Morgan fingerprint density at radius 1 is 0.681 bits per heavy atom. The van der Waals surface area contributed by atoms with Crippen molar-refractivity contribution >= 4 is 18.5 Å². The standard InChI is InChI=1S/C27H46F2N4O4.C22H38F2N4O2.CH4.ClH/c1-7-35-18-26(19-36-8-2)11-9-20(10-12-26)23-21(31-33-17-27(28,29)15-22(23)33)16-30-13-14-32(6)24(34)37-25(3,4)5;1-4-29-15-21(16-30-5-2)8-6-17(7-9-21)20-18(13-26-11-10-25-3)27-28-14-22(23,24)12-19(20)28;;/h20,30H,7-19H2,1-6H3;17,25-26H,4-16H2,1-3H3;1H4;1H. The van der Waals surface area contributed by atoms with Crippen LogP contribution in [-0.2, 0) is 62.7 Å². The first kappa shape index (κ1) is 60.7. The molecule has 0 bridgehead atoms. The minimum atomic E-state index is -2.75. The molecule has 69 heavy (non-hydrogen) atoms. The van der Waals surface area contributed by atoms with E-state index in [1.807, 2.05) is 55.5 Å². The molecule has 0 spiro atoms. The van der Waals surface area contributed by atoms with Crippen molar-refractivity contribution in [2.45, 2.75) is 176 Å². The highest BCUT2D eigenvalue weighted by molar-refractivity contribution is 5.85. The topological polar surface area (TPSA) is 138 Å². The van der Waals surface area contributed by atoms with E-state index in [4.69, 9.17) is 23.7 Å². The summed E-state index contributed by atoms with van der Waals surface area (Å²) in [6.07, 6.45) is 6.78. The number of ether oxygens (including phenoxy) is 5. The predicted octanol–water partition coefficient (Wildman–Crippen LogP) is 8.91. The van der Waals surface area contributed by atoms with Gasteiger partial charge in [0.25, 0.3) is 11.8 Å². The molecule has 1 amide bonds. The number of carbonyl (C=O) groups is 1. The summed E-state index contributed by atoms with van der Waals surface area (Å²) in [4.78, 5) is 13.7. The SMILES string of the molecule is C.CCOCC1(COCC)CCC(c2c(CNCCN(C)C(=O)OC(C)(C)C)nn3c2CC(F)(F)C3)CC1.CCOCC1(COCC)CCC(c2c(CNCCNC)nn3c2CC(F)(F)C3)CC1.Cl. The molecule has 0 radical (unpaired) electrons. The van der Waals surface area contributed by atoms with Gasteiger partial charge in [0.05, 0.1) is 50.7 Å². The largest absolute Gasteiger partial charge is 0.444 e. The first-order valence-corrected chi connectivity index (χ1v) is 25.1. The maximum Gasteiger partial charge on any atom is 0.410 e. The number of hydrogen-bond donors (Lipinski definition) is 3. The molecular formula is C50H89ClF4N8O6. The lowest BCUT2D eigenvalue weighted by molar-refractivity contribution is -0.0396. The van der Waals surface area contributed by atoms with Crippen molar-refractivity contribution in [2.24, 2.45) is 10.8 Å². The normalized spacial score (nSPS) is 19.2. The molecule has 2 aliphatic heterocycles. The zero-order valence-electron chi connectivity index (χ0n) is 42.6. The second-order valence-electron chi connectivity index (χ2n) is 20.5. The smallest absolute Gasteiger partial charge is 0.410 e. The molecule has 0 aromatic carbocycles. The Kier molecular flexibility index (Phi) is 24.2. The molecule has 2 aromatic rings. The molecular weight excluding hydrogens is 920 g/mol. The molecule has 2 saturated carbocycles. The van der Waals surface area contributed by atoms with E-state index < -0.39 is 17.4 Å². The molecule has 19 heteroatoms. The first-order chi connectivity index (χ1) is 31.8. The second-order valence-corrected chi connectivity index (χ2v) is 20.5. The van der Waals surface area contributed by atoms with Gasteiger partial charge in [-0.05, 0) is 119 Å². The number of carbonyl (C=O) groups excluding carboxylic acids is 1. The zero-order chi connectivity index (χ0) is 48.9. The fraction of sp³-hybridized carbons (Fsp3) is 0.860. The van der Waals surface area contributed by atoms with Gasteiger partial charge in [-0.15, -0.1) is 12.4 Å². The van der Waals surface area contributed by atoms with Gasteiger partial charge in [-0.3, -0.25) is 9.36 Å². The van der Waals surface area contributed by atoms with Gasteiger partial charge in [-0.25, -0.2) is 22.4 Å². The van der Waals surface area contributed by atoms with Crippen LogP contribution in [0.5, 0.6) is 0 Å². The summed E-state index contributed by atoms with van der Waals surface area (Å²) in [5.74, 6) is -4.96. The van der Waals surface area contributed by atoms with Crippen LogP contribution in [0.2, 0.25) is 0 Å². The quantitative estimate of drug-likeness (QED) is 0.0687. The summed E-state index contributed by atoms with van der Waals surface area (Å²) in [5.41, 5.74) is 4.76. The van der Waals surface area contributed by atoms with Crippen molar-refractivity contribution in [3.8, 4) is 0 Å². The molecule has 4 heterocycles. The number of amides is 1. The number of halogens is 5. The Hall–Kier alpha value is -2.58.